The first kappa shape index (κ1) is 24.3. The Morgan fingerprint density at radius 1 is 1.29 bits per heavy atom. The number of carbonyl (C=O) groups is 2. The molecule has 1 aromatic rings. The first-order valence-electron chi connectivity index (χ1n) is 12.0. The van der Waals surface area contributed by atoms with Gasteiger partial charge < -0.3 is 19.7 Å². The summed E-state index contributed by atoms with van der Waals surface area (Å²) in [5.41, 5.74) is 0.470. The van der Waals surface area contributed by atoms with Crippen LogP contribution < -0.4 is 10.2 Å². The standard InChI is InChI=1S/C25H33FN4O4/c1-25(2,3)34-24(32)30-20-7-5-17(13-20)22(30)23(31)28-18(15-27)12-16-4-6-19(14-21(16)26)29-8-10-33-11-9-29/h4,6,14,17-18,20,22H,5,7-13H2,1-3H3,(H,28,31)/t17-,18-,20+,22-/m0/s1. The van der Waals surface area contributed by atoms with Gasteiger partial charge in [0.15, 0.2) is 0 Å². The number of carbonyl (C=O) groups excluding carboxylic acids is 2. The zero-order chi connectivity index (χ0) is 24.5. The molecule has 0 spiro atoms. The number of likely N-dealkylation sites (tertiary alicyclic amines) is 1. The lowest BCUT2D eigenvalue weighted by Crippen LogP contribution is -2.55. The van der Waals surface area contributed by atoms with Gasteiger partial charge in [-0.05, 0) is 63.6 Å². The first-order chi connectivity index (χ1) is 16.2. The van der Waals surface area contributed by atoms with E-state index in [1.54, 1.807) is 31.7 Å². The van der Waals surface area contributed by atoms with Gasteiger partial charge in [0, 0.05) is 31.2 Å². The molecule has 34 heavy (non-hydrogen) atoms. The van der Waals surface area contributed by atoms with Gasteiger partial charge in [0.1, 0.15) is 23.5 Å². The lowest BCUT2D eigenvalue weighted by Gasteiger charge is -2.35. The maximum Gasteiger partial charge on any atom is 0.411 e. The second kappa shape index (κ2) is 9.79. The lowest BCUT2D eigenvalue weighted by atomic mass is 9.97. The van der Waals surface area contributed by atoms with Crippen LogP contribution in [-0.4, -0.2) is 66.9 Å². The molecule has 0 radical (unpaired) electrons. The average molecular weight is 473 g/mol. The van der Waals surface area contributed by atoms with Gasteiger partial charge in [-0.15, -0.1) is 0 Å². The molecule has 2 bridgehead atoms. The normalized spacial score (nSPS) is 25.1. The number of ether oxygens (including phenoxy) is 2. The second-order valence-electron chi connectivity index (χ2n) is 10.3. The Bertz CT molecular complexity index is 967. The number of fused-ring (bicyclic) bond motifs is 2. The van der Waals surface area contributed by atoms with Crippen LogP contribution in [0, 0.1) is 23.1 Å². The number of piperidine rings is 1. The van der Waals surface area contributed by atoms with Crippen LogP contribution in [0.3, 0.4) is 0 Å². The highest BCUT2D eigenvalue weighted by Gasteiger charge is 2.52. The van der Waals surface area contributed by atoms with E-state index in [0.29, 0.717) is 31.9 Å². The molecule has 4 rings (SSSR count). The molecule has 0 aromatic heterocycles. The molecule has 2 aliphatic heterocycles. The minimum Gasteiger partial charge on any atom is -0.444 e. The Balaban J connectivity index is 1.42. The maximum atomic E-state index is 14.8. The smallest absolute Gasteiger partial charge is 0.411 e. The molecule has 8 nitrogen and oxygen atoms in total. The van der Waals surface area contributed by atoms with Gasteiger partial charge in [-0.25, -0.2) is 9.18 Å². The molecule has 1 saturated carbocycles. The van der Waals surface area contributed by atoms with Crippen molar-refractivity contribution in [2.75, 3.05) is 31.2 Å². The van der Waals surface area contributed by atoms with E-state index < -0.39 is 29.6 Å². The molecule has 1 aromatic carbocycles. The van der Waals surface area contributed by atoms with Gasteiger partial charge in [0.05, 0.1) is 19.3 Å². The van der Waals surface area contributed by atoms with E-state index in [4.69, 9.17) is 9.47 Å². The molecule has 2 amide bonds. The number of hydrogen-bond donors (Lipinski definition) is 1. The predicted molar refractivity (Wildman–Crippen MR) is 124 cm³/mol. The number of nitriles is 1. The molecule has 2 saturated heterocycles. The third-order valence-electron chi connectivity index (χ3n) is 6.77. The number of anilines is 1. The minimum atomic E-state index is -0.907. The van der Waals surface area contributed by atoms with Crippen molar-refractivity contribution in [2.45, 2.75) is 70.2 Å². The SMILES string of the molecule is CC(C)(C)OC(=O)N1[C@@H]2CC[C@@H](C2)[C@H]1C(=O)N[C@H](C#N)Cc1ccc(N2CCOCC2)cc1F. The van der Waals surface area contributed by atoms with Crippen LogP contribution in [0.5, 0.6) is 0 Å². The lowest BCUT2D eigenvalue weighted by molar-refractivity contribution is -0.128. The van der Waals surface area contributed by atoms with Crippen molar-refractivity contribution < 1.29 is 23.5 Å². The van der Waals surface area contributed by atoms with E-state index in [9.17, 15) is 19.2 Å². The van der Waals surface area contributed by atoms with E-state index >= 15 is 0 Å². The highest BCUT2D eigenvalue weighted by Crippen LogP contribution is 2.43. The van der Waals surface area contributed by atoms with Crippen molar-refractivity contribution in [3.05, 3.63) is 29.6 Å². The summed E-state index contributed by atoms with van der Waals surface area (Å²) < 4.78 is 25.7. The summed E-state index contributed by atoms with van der Waals surface area (Å²) in [4.78, 5) is 29.6. The minimum absolute atomic E-state index is 0.0266. The molecule has 3 aliphatic rings. The molecular formula is C25H33FN4O4. The largest absolute Gasteiger partial charge is 0.444 e. The van der Waals surface area contributed by atoms with Crippen LogP contribution in [0.4, 0.5) is 14.9 Å². The van der Waals surface area contributed by atoms with E-state index in [-0.39, 0.29) is 24.3 Å². The number of hydrogen-bond acceptors (Lipinski definition) is 6. The number of amides is 2. The van der Waals surface area contributed by atoms with Crippen molar-refractivity contribution in [3.63, 3.8) is 0 Å². The van der Waals surface area contributed by atoms with E-state index in [1.807, 2.05) is 6.07 Å². The number of halogens is 1. The first-order valence-corrected chi connectivity index (χ1v) is 12.0. The fraction of sp³-hybridized carbons (Fsp3) is 0.640. The molecule has 3 fully saturated rings. The topological polar surface area (TPSA) is 94.9 Å². The van der Waals surface area contributed by atoms with Gasteiger partial charge in [-0.2, -0.15) is 5.26 Å². The zero-order valence-corrected chi connectivity index (χ0v) is 20.1. The highest BCUT2D eigenvalue weighted by atomic mass is 19.1. The van der Waals surface area contributed by atoms with E-state index in [0.717, 1.165) is 24.9 Å². The number of benzene rings is 1. The van der Waals surface area contributed by atoms with E-state index in [1.165, 1.54) is 6.07 Å². The van der Waals surface area contributed by atoms with Crippen molar-refractivity contribution in [1.29, 1.82) is 5.26 Å². The number of morpholine rings is 1. The molecule has 1 N–H and O–H groups in total. The Kier molecular flexibility index (Phi) is 6.99. The van der Waals surface area contributed by atoms with Crippen molar-refractivity contribution in [3.8, 4) is 6.07 Å². The molecule has 2 heterocycles. The summed E-state index contributed by atoms with van der Waals surface area (Å²) >= 11 is 0. The summed E-state index contributed by atoms with van der Waals surface area (Å²) in [5, 5.41) is 12.4. The molecular weight excluding hydrogens is 439 g/mol. The Morgan fingerprint density at radius 2 is 2.03 bits per heavy atom. The van der Waals surface area contributed by atoms with Gasteiger partial charge in [-0.3, -0.25) is 9.69 Å². The zero-order valence-electron chi connectivity index (χ0n) is 20.1. The van der Waals surface area contributed by atoms with Gasteiger partial charge >= 0.3 is 6.09 Å². The predicted octanol–water partition coefficient (Wildman–Crippen LogP) is 3.00. The van der Waals surface area contributed by atoms with Gasteiger partial charge in [0.25, 0.3) is 0 Å². The monoisotopic (exact) mass is 472 g/mol. The molecule has 4 atom stereocenters. The third kappa shape index (κ3) is 5.27. The number of rotatable bonds is 5. The number of nitrogens with one attached hydrogen (secondary N) is 1. The van der Waals surface area contributed by atoms with E-state index in [2.05, 4.69) is 16.3 Å². The third-order valence-corrected chi connectivity index (χ3v) is 6.77. The van der Waals surface area contributed by atoms with Crippen LogP contribution in [0.15, 0.2) is 18.2 Å². The number of nitrogens with zero attached hydrogens (tertiary/aromatic N) is 3. The second-order valence-corrected chi connectivity index (χ2v) is 10.3. The Hall–Kier alpha value is -2.86. The summed E-state index contributed by atoms with van der Waals surface area (Å²) in [6, 6.07) is 5.45. The fourth-order valence-electron chi connectivity index (χ4n) is 5.23. The van der Waals surface area contributed by atoms with Crippen molar-refractivity contribution in [1.82, 2.24) is 10.2 Å². The van der Waals surface area contributed by atoms with Gasteiger partial charge in [0.2, 0.25) is 5.91 Å². The molecule has 1 aliphatic carbocycles. The average Bonchev–Trinajstić information content (AvgIpc) is 3.41. The highest BCUT2D eigenvalue weighted by molar-refractivity contribution is 5.87. The summed E-state index contributed by atoms with van der Waals surface area (Å²) in [6.45, 7) is 7.99. The Morgan fingerprint density at radius 3 is 2.68 bits per heavy atom. The molecule has 9 heteroatoms. The van der Waals surface area contributed by atoms with Crippen LogP contribution in [0.25, 0.3) is 0 Å². The van der Waals surface area contributed by atoms with Crippen LogP contribution in [0.1, 0.15) is 45.6 Å². The maximum absolute atomic E-state index is 14.8. The molecule has 0 unspecified atom stereocenters. The molecule has 184 valence electrons. The van der Waals surface area contributed by atoms with Crippen LogP contribution in [0.2, 0.25) is 0 Å². The van der Waals surface area contributed by atoms with Crippen molar-refractivity contribution >= 4 is 17.7 Å². The summed E-state index contributed by atoms with van der Waals surface area (Å²) in [7, 11) is 0. The van der Waals surface area contributed by atoms with Crippen molar-refractivity contribution in [2.24, 2.45) is 5.92 Å². The summed E-state index contributed by atoms with van der Waals surface area (Å²) in [5.74, 6) is -0.745. The summed E-state index contributed by atoms with van der Waals surface area (Å²) in [6.07, 6.45) is 2.00. The van der Waals surface area contributed by atoms with Gasteiger partial charge in [-0.1, -0.05) is 6.07 Å². The van der Waals surface area contributed by atoms with Crippen LogP contribution in [-0.2, 0) is 20.7 Å². The quantitative estimate of drug-likeness (QED) is 0.708. The van der Waals surface area contributed by atoms with Crippen LogP contribution >= 0.6 is 0 Å². The fourth-order valence-corrected chi connectivity index (χ4v) is 5.23. The Labute approximate surface area is 200 Å².